The van der Waals surface area contributed by atoms with Gasteiger partial charge in [-0.15, -0.1) is 12.4 Å². The summed E-state index contributed by atoms with van der Waals surface area (Å²) in [7, 11) is 0. The summed E-state index contributed by atoms with van der Waals surface area (Å²) in [6.45, 7) is 3.28. The predicted molar refractivity (Wildman–Crippen MR) is 79.1 cm³/mol. The molecule has 4 nitrogen and oxygen atoms in total. The molecular weight excluding hydrogens is 311 g/mol. The van der Waals surface area contributed by atoms with Crippen molar-refractivity contribution in [1.29, 1.82) is 0 Å². The molecule has 0 saturated heterocycles. The minimum absolute atomic E-state index is 0. The Bertz CT molecular complexity index is 382. The van der Waals surface area contributed by atoms with Crippen LogP contribution in [-0.2, 0) is 16.1 Å². The molecule has 1 N–H and O–H groups in total. The second-order valence-electron chi connectivity index (χ2n) is 3.81. The molecule has 0 saturated carbocycles. The molecule has 1 aromatic heterocycles. The summed E-state index contributed by atoms with van der Waals surface area (Å²) in [6, 6.07) is 3.23. The van der Waals surface area contributed by atoms with Gasteiger partial charge in [-0.1, -0.05) is 36.5 Å². The summed E-state index contributed by atoms with van der Waals surface area (Å²) in [6.07, 6.45) is 2.14. The Morgan fingerprint density at radius 3 is 2.58 bits per heavy atom. The fraction of sp³-hybridized carbons (Fsp3) is 0.500. The first-order valence-electron chi connectivity index (χ1n) is 5.80. The maximum atomic E-state index is 11.4. The van der Waals surface area contributed by atoms with Crippen molar-refractivity contribution in [3.63, 3.8) is 0 Å². The molecule has 0 atom stereocenters. The molecule has 0 aliphatic rings. The first-order chi connectivity index (χ1) is 8.61. The molecule has 7 heteroatoms. The van der Waals surface area contributed by atoms with E-state index in [0.29, 0.717) is 0 Å². The third-order valence-electron chi connectivity index (χ3n) is 2.20. The number of pyridine rings is 1. The van der Waals surface area contributed by atoms with Gasteiger partial charge in [-0.05, 0) is 30.7 Å². The van der Waals surface area contributed by atoms with Crippen molar-refractivity contribution < 1.29 is 9.53 Å². The molecule has 1 aromatic rings. The summed E-state index contributed by atoms with van der Waals surface area (Å²) >= 11 is 11.5. The van der Waals surface area contributed by atoms with Gasteiger partial charge in [0.15, 0.2) is 0 Å². The van der Waals surface area contributed by atoms with Crippen molar-refractivity contribution in [2.45, 2.75) is 26.4 Å². The van der Waals surface area contributed by atoms with Crippen LogP contribution in [0.5, 0.6) is 0 Å². The Labute approximate surface area is 129 Å². The molecule has 0 fully saturated rings. The topological polar surface area (TPSA) is 51.2 Å². The van der Waals surface area contributed by atoms with Gasteiger partial charge in [-0.3, -0.25) is 4.79 Å². The van der Waals surface area contributed by atoms with Crippen LogP contribution in [0.3, 0.4) is 0 Å². The molecule has 0 amide bonds. The summed E-state index contributed by atoms with van der Waals surface area (Å²) in [5.41, 5.74) is 0.724. The molecule has 0 aliphatic carbocycles. The van der Waals surface area contributed by atoms with Gasteiger partial charge in [0.05, 0.1) is 6.54 Å². The van der Waals surface area contributed by atoms with E-state index >= 15 is 0 Å². The van der Waals surface area contributed by atoms with Gasteiger partial charge >= 0.3 is 5.97 Å². The van der Waals surface area contributed by atoms with Crippen molar-refractivity contribution in [3.8, 4) is 0 Å². The van der Waals surface area contributed by atoms with Crippen LogP contribution >= 0.6 is 35.6 Å². The molecule has 0 spiro atoms. The lowest BCUT2D eigenvalue weighted by Gasteiger charge is -2.06. The third-order valence-corrected chi connectivity index (χ3v) is 2.59. The first kappa shape index (κ1) is 18.4. The zero-order valence-electron chi connectivity index (χ0n) is 10.6. The number of aromatic nitrogens is 1. The Kier molecular flexibility index (Phi) is 9.97. The SMILES string of the molecule is CCCCNCC(=O)OCc1cc(Cl)nc(Cl)c1.Cl. The van der Waals surface area contributed by atoms with E-state index in [-0.39, 0.29) is 41.8 Å². The van der Waals surface area contributed by atoms with E-state index in [1.807, 2.05) is 0 Å². The monoisotopic (exact) mass is 326 g/mol. The van der Waals surface area contributed by atoms with Crippen LogP contribution < -0.4 is 5.32 Å². The average Bonchev–Trinajstić information content (AvgIpc) is 2.31. The number of nitrogens with one attached hydrogen (secondary N) is 1. The minimum Gasteiger partial charge on any atom is -0.460 e. The lowest BCUT2D eigenvalue weighted by Crippen LogP contribution is -2.25. The summed E-state index contributed by atoms with van der Waals surface area (Å²) in [5, 5.41) is 3.58. The van der Waals surface area contributed by atoms with E-state index in [4.69, 9.17) is 27.9 Å². The number of ether oxygens (including phenoxy) is 1. The van der Waals surface area contributed by atoms with E-state index in [1.54, 1.807) is 12.1 Å². The highest BCUT2D eigenvalue weighted by Crippen LogP contribution is 2.15. The van der Waals surface area contributed by atoms with Crippen LogP contribution in [0.15, 0.2) is 12.1 Å². The molecule has 1 heterocycles. The van der Waals surface area contributed by atoms with Gasteiger partial charge in [-0.25, -0.2) is 4.98 Å². The van der Waals surface area contributed by atoms with E-state index in [0.717, 1.165) is 24.9 Å². The number of carbonyl (C=O) groups is 1. The largest absolute Gasteiger partial charge is 0.460 e. The first-order valence-corrected chi connectivity index (χ1v) is 6.55. The minimum atomic E-state index is -0.296. The van der Waals surface area contributed by atoms with Crippen LogP contribution in [0.25, 0.3) is 0 Å². The van der Waals surface area contributed by atoms with Gasteiger partial charge in [0.1, 0.15) is 16.9 Å². The van der Waals surface area contributed by atoms with Crippen LogP contribution in [0, 0.1) is 0 Å². The van der Waals surface area contributed by atoms with E-state index in [9.17, 15) is 4.79 Å². The van der Waals surface area contributed by atoms with Gasteiger partial charge < -0.3 is 10.1 Å². The summed E-state index contributed by atoms with van der Waals surface area (Å²) in [4.78, 5) is 15.2. The number of rotatable bonds is 7. The summed E-state index contributed by atoms with van der Waals surface area (Å²) < 4.78 is 5.07. The Hall–Kier alpha value is -0.550. The number of hydrogen-bond acceptors (Lipinski definition) is 4. The molecule has 0 unspecified atom stereocenters. The fourth-order valence-corrected chi connectivity index (χ4v) is 1.81. The lowest BCUT2D eigenvalue weighted by molar-refractivity contribution is -0.143. The van der Waals surface area contributed by atoms with Crippen molar-refractivity contribution in [2.24, 2.45) is 0 Å². The van der Waals surface area contributed by atoms with Gasteiger partial charge in [0, 0.05) is 0 Å². The molecule has 1 rings (SSSR count). The van der Waals surface area contributed by atoms with Crippen molar-refractivity contribution in [3.05, 3.63) is 28.0 Å². The van der Waals surface area contributed by atoms with Crippen LogP contribution in [0.4, 0.5) is 0 Å². The van der Waals surface area contributed by atoms with Crippen molar-refractivity contribution in [2.75, 3.05) is 13.1 Å². The second kappa shape index (κ2) is 10.3. The molecule has 0 aliphatic heterocycles. The highest BCUT2D eigenvalue weighted by molar-refractivity contribution is 6.32. The Morgan fingerprint density at radius 2 is 2.00 bits per heavy atom. The van der Waals surface area contributed by atoms with Crippen LogP contribution in [-0.4, -0.2) is 24.0 Å². The van der Waals surface area contributed by atoms with E-state index < -0.39 is 0 Å². The highest BCUT2D eigenvalue weighted by Gasteiger charge is 2.04. The van der Waals surface area contributed by atoms with Crippen molar-refractivity contribution >= 4 is 41.6 Å². The van der Waals surface area contributed by atoms with Crippen LogP contribution in [0.1, 0.15) is 25.3 Å². The molecule has 108 valence electrons. The molecule has 0 bridgehead atoms. The molecular formula is C12H17Cl3N2O2. The van der Waals surface area contributed by atoms with Gasteiger partial charge in [-0.2, -0.15) is 0 Å². The standard InChI is InChI=1S/C12H16Cl2N2O2.ClH/c1-2-3-4-15-7-12(17)18-8-9-5-10(13)16-11(14)6-9;/h5-6,15H,2-4,7-8H2,1H3;1H. The highest BCUT2D eigenvalue weighted by atomic mass is 35.5. The second-order valence-corrected chi connectivity index (χ2v) is 4.59. The number of nitrogens with zero attached hydrogens (tertiary/aromatic N) is 1. The quantitative estimate of drug-likeness (QED) is 0.474. The van der Waals surface area contributed by atoms with E-state index in [1.165, 1.54) is 0 Å². The van der Waals surface area contributed by atoms with Gasteiger partial charge in [0.25, 0.3) is 0 Å². The molecule has 0 radical (unpaired) electrons. The number of hydrogen-bond donors (Lipinski definition) is 1. The molecule has 0 aromatic carbocycles. The third kappa shape index (κ3) is 8.26. The Balaban J connectivity index is 0.00000324. The zero-order chi connectivity index (χ0) is 13.4. The smallest absolute Gasteiger partial charge is 0.320 e. The maximum absolute atomic E-state index is 11.4. The van der Waals surface area contributed by atoms with Gasteiger partial charge in [0.2, 0.25) is 0 Å². The zero-order valence-corrected chi connectivity index (χ0v) is 12.9. The van der Waals surface area contributed by atoms with Crippen LogP contribution in [0.2, 0.25) is 10.3 Å². The molecule has 19 heavy (non-hydrogen) atoms. The number of halogens is 3. The number of unbranched alkanes of at least 4 members (excludes halogenated alkanes) is 1. The number of esters is 1. The fourth-order valence-electron chi connectivity index (χ4n) is 1.30. The normalized spacial score (nSPS) is 9.84. The maximum Gasteiger partial charge on any atom is 0.320 e. The lowest BCUT2D eigenvalue weighted by atomic mass is 10.3. The predicted octanol–water partition coefficient (Wildman–Crippen LogP) is 3.24. The average molecular weight is 328 g/mol. The Morgan fingerprint density at radius 1 is 1.37 bits per heavy atom. The van der Waals surface area contributed by atoms with E-state index in [2.05, 4.69) is 17.2 Å². The number of carbonyl (C=O) groups excluding carboxylic acids is 1. The summed E-state index contributed by atoms with van der Waals surface area (Å²) in [5.74, 6) is -0.296. The van der Waals surface area contributed by atoms with Crippen molar-refractivity contribution in [1.82, 2.24) is 10.3 Å².